The molecule has 0 bridgehead atoms. The molecule has 0 radical (unpaired) electrons. The van der Waals surface area contributed by atoms with E-state index in [-0.39, 0.29) is 17.9 Å². The van der Waals surface area contributed by atoms with Crippen molar-refractivity contribution in [2.75, 3.05) is 52.9 Å². The third-order valence-corrected chi connectivity index (χ3v) is 6.23. The zero-order valence-electron chi connectivity index (χ0n) is 18.7. The molecule has 1 aromatic heterocycles. The highest BCUT2D eigenvalue weighted by atomic mass is 16.5. The van der Waals surface area contributed by atoms with E-state index in [2.05, 4.69) is 32.3 Å². The van der Waals surface area contributed by atoms with E-state index >= 15 is 0 Å². The summed E-state index contributed by atoms with van der Waals surface area (Å²) in [5, 5.41) is 7.09. The molecule has 2 amide bonds. The fraction of sp³-hybridized carbons (Fsp3) is 0.565. The van der Waals surface area contributed by atoms with Crippen LogP contribution in [0, 0.1) is 0 Å². The second-order valence-electron chi connectivity index (χ2n) is 8.56. The summed E-state index contributed by atoms with van der Waals surface area (Å²) in [5.41, 5.74) is 0.663. The number of benzene rings is 1. The van der Waals surface area contributed by atoms with Gasteiger partial charge in [0.2, 0.25) is 11.8 Å². The standard InChI is InChI=1S/C23H32N6O3/c1-27-14-16-28(17-15-27)13-11-24-20(30)9-10-21-25-22(26-32-21)19-8-5-12-29(19)23(31)18-6-3-2-4-7-18/h2-4,6-7,19H,5,8-17H2,1H3,(H,24,30). The summed E-state index contributed by atoms with van der Waals surface area (Å²) in [6, 6.07) is 9.08. The average molecular weight is 441 g/mol. The molecule has 9 nitrogen and oxygen atoms in total. The summed E-state index contributed by atoms with van der Waals surface area (Å²) in [4.78, 5) is 36.0. The molecule has 2 saturated heterocycles. The van der Waals surface area contributed by atoms with Crippen LogP contribution in [0.5, 0.6) is 0 Å². The van der Waals surface area contributed by atoms with Crippen LogP contribution >= 0.6 is 0 Å². The minimum absolute atomic E-state index is 0.0133. The Morgan fingerprint density at radius 2 is 1.91 bits per heavy atom. The van der Waals surface area contributed by atoms with Gasteiger partial charge in [0.15, 0.2) is 5.82 Å². The Morgan fingerprint density at radius 3 is 2.69 bits per heavy atom. The van der Waals surface area contributed by atoms with E-state index < -0.39 is 0 Å². The first-order valence-corrected chi connectivity index (χ1v) is 11.5. The SMILES string of the molecule is CN1CCN(CCNC(=O)CCc2nc(C3CCCN3C(=O)c3ccccc3)no2)CC1. The molecule has 2 aliphatic rings. The molecule has 32 heavy (non-hydrogen) atoms. The van der Waals surface area contributed by atoms with Crippen LogP contribution in [0.4, 0.5) is 0 Å². The lowest BCUT2D eigenvalue weighted by Crippen LogP contribution is -2.46. The number of carbonyl (C=O) groups is 2. The number of likely N-dealkylation sites (tertiary alicyclic amines) is 1. The molecule has 2 fully saturated rings. The Bertz CT molecular complexity index is 894. The molecule has 1 atom stereocenters. The van der Waals surface area contributed by atoms with Crippen LogP contribution in [0.3, 0.4) is 0 Å². The van der Waals surface area contributed by atoms with Crippen LogP contribution in [0.2, 0.25) is 0 Å². The lowest BCUT2D eigenvalue weighted by Gasteiger charge is -2.32. The van der Waals surface area contributed by atoms with Gasteiger partial charge in [0.25, 0.3) is 5.91 Å². The Balaban J connectivity index is 1.23. The number of carbonyl (C=O) groups excluding carboxylic acids is 2. The van der Waals surface area contributed by atoms with Crippen molar-refractivity contribution in [3.05, 3.63) is 47.6 Å². The largest absolute Gasteiger partial charge is 0.355 e. The minimum atomic E-state index is -0.183. The van der Waals surface area contributed by atoms with Crippen molar-refractivity contribution in [1.29, 1.82) is 0 Å². The van der Waals surface area contributed by atoms with E-state index in [0.29, 0.717) is 43.2 Å². The molecular formula is C23H32N6O3. The number of hydrogen-bond donors (Lipinski definition) is 1. The molecule has 0 aliphatic carbocycles. The molecule has 0 saturated carbocycles. The van der Waals surface area contributed by atoms with Crippen LogP contribution in [-0.2, 0) is 11.2 Å². The predicted octanol–water partition coefficient (Wildman–Crippen LogP) is 1.34. The highest BCUT2D eigenvalue weighted by molar-refractivity contribution is 5.94. The number of aryl methyl sites for hydroxylation is 1. The van der Waals surface area contributed by atoms with Crippen molar-refractivity contribution in [3.63, 3.8) is 0 Å². The summed E-state index contributed by atoms with van der Waals surface area (Å²) in [5.74, 6) is 0.935. The second kappa shape index (κ2) is 10.7. The van der Waals surface area contributed by atoms with Gasteiger partial charge < -0.3 is 19.6 Å². The molecule has 1 aromatic carbocycles. The maximum atomic E-state index is 12.9. The number of amides is 2. The van der Waals surface area contributed by atoms with Crippen LogP contribution in [0.25, 0.3) is 0 Å². The van der Waals surface area contributed by atoms with Crippen molar-refractivity contribution in [2.45, 2.75) is 31.7 Å². The van der Waals surface area contributed by atoms with Gasteiger partial charge in [0, 0.05) is 64.2 Å². The van der Waals surface area contributed by atoms with Gasteiger partial charge in [0.1, 0.15) is 0 Å². The lowest BCUT2D eigenvalue weighted by atomic mass is 10.1. The molecule has 2 aliphatic heterocycles. The number of likely N-dealkylation sites (N-methyl/N-ethyl adjacent to an activating group) is 1. The second-order valence-corrected chi connectivity index (χ2v) is 8.56. The maximum absolute atomic E-state index is 12.9. The maximum Gasteiger partial charge on any atom is 0.254 e. The monoisotopic (exact) mass is 440 g/mol. The van der Waals surface area contributed by atoms with Crippen LogP contribution in [0.15, 0.2) is 34.9 Å². The molecule has 9 heteroatoms. The van der Waals surface area contributed by atoms with E-state index in [9.17, 15) is 9.59 Å². The van der Waals surface area contributed by atoms with Gasteiger partial charge in [-0.3, -0.25) is 14.5 Å². The number of hydrogen-bond acceptors (Lipinski definition) is 7. The van der Waals surface area contributed by atoms with E-state index in [1.807, 2.05) is 35.2 Å². The van der Waals surface area contributed by atoms with Crippen LogP contribution < -0.4 is 5.32 Å². The quantitative estimate of drug-likeness (QED) is 0.662. The van der Waals surface area contributed by atoms with Gasteiger partial charge in [-0.1, -0.05) is 23.4 Å². The highest BCUT2D eigenvalue weighted by Crippen LogP contribution is 2.31. The van der Waals surface area contributed by atoms with Gasteiger partial charge in [-0.05, 0) is 32.0 Å². The van der Waals surface area contributed by atoms with Gasteiger partial charge in [0.05, 0.1) is 6.04 Å². The number of nitrogens with one attached hydrogen (secondary N) is 1. The third-order valence-electron chi connectivity index (χ3n) is 6.23. The predicted molar refractivity (Wildman–Crippen MR) is 119 cm³/mol. The molecular weight excluding hydrogens is 408 g/mol. The van der Waals surface area contributed by atoms with Gasteiger partial charge in [-0.25, -0.2) is 0 Å². The average Bonchev–Trinajstić information content (AvgIpc) is 3.49. The van der Waals surface area contributed by atoms with Crippen molar-refractivity contribution < 1.29 is 14.1 Å². The summed E-state index contributed by atoms with van der Waals surface area (Å²) in [7, 11) is 2.13. The fourth-order valence-electron chi connectivity index (χ4n) is 4.26. The number of rotatable bonds is 8. The van der Waals surface area contributed by atoms with Gasteiger partial charge in [-0.2, -0.15) is 4.98 Å². The molecule has 4 rings (SSSR count). The summed E-state index contributed by atoms with van der Waals surface area (Å²) >= 11 is 0. The molecule has 1 unspecified atom stereocenters. The van der Waals surface area contributed by atoms with Crippen molar-refractivity contribution >= 4 is 11.8 Å². The van der Waals surface area contributed by atoms with Gasteiger partial charge in [-0.15, -0.1) is 0 Å². The zero-order valence-corrected chi connectivity index (χ0v) is 18.7. The lowest BCUT2D eigenvalue weighted by molar-refractivity contribution is -0.121. The minimum Gasteiger partial charge on any atom is -0.355 e. The molecule has 3 heterocycles. The summed E-state index contributed by atoms with van der Waals surface area (Å²) in [6.07, 6.45) is 2.42. The zero-order chi connectivity index (χ0) is 22.3. The van der Waals surface area contributed by atoms with Gasteiger partial charge >= 0.3 is 0 Å². The Labute approximate surface area is 188 Å². The first-order chi connectivity index (χ1) is 15.6. The topological polar surface area (TPSA) is 94.8 Å². The van der Waals surface area contributed by atoms with E-state index in [1.54, 1.807) is 0 Å². The first-order valence-electron chi connectivity index (χ1n) is 11.5. The Kier molecular flexibility index (Phi) is 7.49. The van der Waals surface area contributed by atoms with Crippen LogP contribution in [0.1, 0.15) is 47.4 Å². The van der Waals surface area contributed by atoms with Crippen molar-refractivity contribution in [3.8, 4) is 0 Å². The molecule has 172 valence electrons. The third kappa shape index (κ3) is 5.72. The fourth-order valence-corrected chi connectivity index (χ4v) is 4.26. The van der Waals surface area contributed by atoms with E-state index in [1.165, 1.54) is 0 Å². The smallest absolute Gasteiger partial charge is 0.254 e. The number of nitrogens with zero attached hydrogens (tertiary/aromatic N) is 5. The number of aromatic nitrogens is 2. The Hall–Kier alpha value is -2.78. The number of piperazine rings is 1. The summed E-state index contributed by atoms with van der Waals surface area (Å²) < 4.78 is 5.38. The van der Waals surface area contributed by atoms with Crippen molar-refractivity contribution in [1.82, 2.24) is 30.2 Å². The highest BCUT2D eigenvalue weighted by Gasteiger charge is 2.33. The first kappa shape index (κ1) is 22.4. The van der Waals surface area contributed by atoms with E-state index in [0.717, 1.165) is 45.6 Å². The molecule has 2 aromatic rings. The van der Waals surface area contributed by atoms with Crippen molar-refractivity contribution in [2.24, 2.45) is 0 Å². The summed E-state index contributed by atoms with van der Waals surface area (Å²) in [6.45, 7) is 6.43. The van der Waals surface area contributed by atoms with Crippen LogP contribution in [-0.4, -0.2) is 89.5 Å². The molecule has 1 N–H and O–H groups in total. The molecule has 0 spiro atoms. The van der Waals surface area contributed by atoms with E-state index in [4.69, 9.17) is 4.52 Å². The Morgan fingerprint density at radius 1 is 1.12 bits per heavy atom. The normalized spacial score (nSPS) is 19.9.